The largest absolute Gasteiger partial charge is 0.444 e. The Kier molecular flexibility index (Phi) is 9.28. The van der Waals surface area contributed by atoms with Gasteiger partial charge < -0.3 is 4.74 Å². The zero-order chi connectivity index (χ0) is 22.3. The Labute approximate surface area is 188 Å². The van der Waals surface area contributed by atoms with Crippen molar-refractivity contribution in [2.75, 3.05) is 24.7 Å². The Morgan fingerprint density at radius 3 is 2.63 bits per heavy atom. The number of alkyl halides is 1. The van der Waals surface area contributed by atoms with Crippen molar-refractivity contribution in [2.45, 2.75) is 39.3 Å². The van der Waals surface area contributed by atoms with Gasteiger partial charge in [-0.1, -0.05) is 28.1 Å². The minimum absolute atomic E-state index is 0.0118. The summed E-state index contributed by atoms with van der Waals surface area (Å²) in [6.07, 6.45) is 12.2. The second kappa shape index (κ2) is 11.4. The quantitative estimate of drug-likeness (QED) is 0.420. The van der Waals surface area contributed by atoms with Gasteiger partial charge in [-0.25, -0.2) is 17.7 Å². The molecule has 0 radical (unpaired) electrons. The van der Waals surface area contributed by atoms with Crippen LogP contribution in [0.1, 0.15) is 32.3 Å². The number of carbonyl (C=O) groups is 1. The fourth-order valence-electron chi connectivity index (χ4n) is 3.49. The van der Waals surface area contributed by atoms with Crippen LogP contribution < -0.4 is 4.90 Å². The lowest BCUT2D eigenvalue weighted by molar-refractivity contribution is 0.136. The lowest BCUT2D eigenvalue weighted by Gasteiger charge is -2.39. The Morgan fingerprint density at radius 2 is 2.00 bits per heavy atom. The molecule has 2 aliphatic rings. The molecule has 3 rings (SSSR count). The molecule has 0 saturated carbocycles. The number of terminal acetylenes is 1. The van der Waals surface area contributed by atoms with Crippen molar-refractivity contribution in [3.8, 4) is 12.8 Å². The lowest BCUT2D eigenvalue weighted by Crippen LogP contribution is -2.49. The van der Waals surface area contributed by atoms with Crippen LogP contribution in [-0.2, 0) is 22.3 Å². The number of fused-ring (bicyclic) bond motifs is 1. The van der Waals surface area contributed by atoms with Gasteiger partial charge in [-0.15, -0.1) is 12.8 Å². The van der Waals surface area contributed by atoms with Crippen molar-refractivity contribution in [3.63, 3.8) is 0 Å². The van der Waals surface area contributed by atoms with Crippen molar-refractivity contribution in [2.24, 2.45) is 0 Å². The molecule has 5 nitrogen and oxygen atoms in total. The number of piperidine rings is 1. The van der Waals surface area contributed by atoms with Gasteiger partial charge >= 0.3 is 6.09 Å². The molecule has 1 amide bonds. The lowest BCUT2D eigenvalue weighted by atomic mass is 10.0. The Bertz CT molecular complexity index is 876. The fourth-order valence-corrected chi connectivity index (χ4v) is 5.18. The number of ether oxygens (including phenoxy) is 1. The first-order valence-electron chi connectivity index (χ1n) is 9.57. The van der Waals surface area contributed by atoms with Gasteiger partial charge in [-0.05, 0) is 50.5 Å². The molecule has 162 valence electrons. The van der Waals surface area contributed by atoms with Gasteiger partial charge in [0.2, 0.25) is 0 Å². The van der Waals surface area contributed by atoms with Gasteiger partial charge in [-0.3, -0.25) is 4.90 Å². The standard InChI is InChI=1S/C20H24BrFN2O3S.C2H2/c1-14(4-3-9-22)15(2)28(26)23-10-7-18(8-11-23)24-19-6-5-17(21)12-16(19)13-27-20(24)25;1-2/h3-6,12,18H,7-11,13H2,1-2H3;1-2H/b4-3-,15-14+;. The number of allylic oxidation sites excluding steroid dienone is 4. The molecule has 30 heavy (non-hydrogen) atoms. The molecule has 0 bridgehead atoms. The number of benzene rings is 1. The van der Waals surface area contributed by atoms with Gasteiger partial charge in [-0.2, -0.15) is 0 Å². The highest BCUT2D eigenvalue weighted by atomic mass is 79.9. The molecular formula is C22H26BrFN2O3S. The summed E-state index contributed by atoms with van der Waals surface area (Å²) in [5.74, 6) is 0. The number of cyclic esters (lactones) is 1. The van der Waals surface area contributed by atoms with Crippen LogP contribution in [0.25, 0.3) is 0 Å². The van der Waals surface area contributed by atoms with Crippen molar-refractivity contribution in [3.05, 3.63) is 50.9 Å². The summed E-state index contributed by atoms with van der Waals surface area (Å²) in [4.78, 5) is 14.9. The highest BCUT2D eigenvalue weighted by Crippen LogP contribution is 2.34. The van der Waals surface area contributed by atoms with E-state index >= 15 is 0 Å². The summed E-state index contributed by atoms with van der Waals surface area (Å²) in [6, 6.07) is 5.85. The molecule has 0 N–H and O–H groups in total. The summed E-state index contributed by atoms with van der Waals surface area (Å²) < 4.78 is 33.4. The molecular weight excluding hydrogens is 471 g/mol. The average molecular weight is 497 g/mol. The third kappa shape index (κ3) is 5.60. The SMILES string of the molecule is C#C.CC(/C=C\CF)=C(/C)S(=O)N1CCC(N2C(=O)OCc3cc(Br)ccc32)CC1. The first-order chi connectivity index (χ1) is 14.4. The van der Waals surface area contributed by atoms with E-state index in [2.05, 4.69) is 28.8 Å². The molecule has 1 fully saturated rings. The first kappa shape index (κ1) is 24.3. The Hall–Kier alpha value is -1.95. The van der Waals surface area contributed by atoms with Gasteiger partial charge in [0.25, 0.3) is 0 Å². The predicted octanol–water partition coefficient (Wildman–Crippen LogP) is 5.10. The van der Waals surface area contributed by atoms with Crippen LogP contribution in [0, 0.1) is 12.8 Å². The molecule has 0 aromatic heterocycles. The van der Waals surface area contributed by atoms with Gasteiger partial charge in [0.05, 0.1) is 5.69 Å². The maximum absolute atomic E-state index is 12.8. The molecule has 1 aromatic carbocycles. The molecule has 2 aliphatic heterocycles. The molecule has 1 unspecified atom stereocenters. The topological polar surface area (TPSA) is 49.9 Å². The van der Waals surface area contributed by atoms with Crippen LogP contribution >= 0.6 is 15.9 Å². The Balaban J connectivity index is 0.00000155. The van der Waals surface area contributed by atoms with Crippen LogP contribution in [-0.4, -0.2) is 40.4 Å². The zero-order valence-corrected chi connectivity index (χ0v) is 19.5. The summed E-state index contributed by atoms with van der Waals surface area (Å²) in [7, 11) is -1.26. The van der Waals surface area contributed by atoms with Crippen molar-refractivity contribution in [1.29, 1.82) is 0 Å². The molecule has 0 aliphatic carbocycles. The maximum atomic E-state index is 12.8. The third-order valence-corrected chi connectivity index (χ3v) is 7.32. The van der Waals surface area contributed by atoms with E-state index < -0.39 is 17.7 Å². The number of hydrogen-bond acceptors (Lipinski definition) is 3. The van der Waals surface area contributed by atoms with E-state index in [0.29, 0.717) is 25.9 Å². The van der Waals surface area contributed by atoms with E-state index in [-0.39, 0.29) is 18.7 Å². The first-order valence-corrected chi connectivity index (χ1v) is 11.5. The molecule has 2 heterocycles. The molecule has 1 atom stereocenters. The summed E-state index contributed by atoms with van der Waals surface area (Å²) in [5.41, 5.74) is 2.69. The number of carbonyl (C=O) groups excluding carboxylic acids is 1. The van der Waals surface area contributed by atoms with Crippen molar-refractivity contribution >= 4 is 38.7 Å². The van der Waals surface area contributed by atoms with E-state index in [1.54, 1.807) is 11.0 Å². The van der Waals surface area contributed by atoms with E-state index in [1.165, 1.54) is 6.08 Å². The minimum Gasteiger partial charge on any atom is -0.444 e. The number of rotatable bonds is 5. The second-order valence-electron chi connectivity index (χ2n) is 6.90. The van der Waals surface area contributed by atoms with Crippen molar-refractivity contribution in [1.82, 2.24) is 4.31 Å². The van der Waals surface area contributed by atoms with Gasteiger partial charge in [0, 0.05) is 34.1 Å². The van der Waals surface area contributed by atoms with Crippen molar-refractivity contribution < 1.29 is 18.1 Å². The summed E-state index contributed by atoms with van der Waals surface area (Å²) >= 11 is 3.46. The van der Waals surface area contributed by atoms with E-state index in [9.17, 15) is 13.4 Å². The summed E-state index contributed by atoms with van der Waals surface area (Å²) in [5, 5.41) is 0. The third-order valence-electron chi connectivity index (χ3n) is 5.15. The minimum atomic E-state index is -1.26. The monoisotopic (exact) mass is 496 g/mol. The van der Waals surface area contributed by atoms with E-state index in [0.717, 1.165) is 26.2 Å². The molecule has 0 spiro atoms. The molecule has 1 saturated heterocycles. The smallest absolute Gasteiger partial charge is 0.414 e. The average Bonchev–Trinajstić information content (AvgIpc) is 2.78. The molecule has 8 heteroatoms. The molecule has 1 aromatic rings. The van der Waals surface area contributed by atoms with Crippen LogP contribution in [0.15, 0.2) is 45.3 Å². The van der Waals surface area contributed by atoms with Crippen LogP contribution in [0.5, 0.6) is 0 Å². The van der Waals surface area contributed by atoms with E-state index in [4.69, 9.17) is 4.74 Å². The van der Waals surface area contributed by atoms with Gasteiger partial charge in [0.15, 0.2) is 0 Å². The zero-order valence-electron chi connectivity index (χ0n) is 17.1. The number of anilines is 1. The number of amides is 1. The number of nitrogens with zero attached hydrogens (tertiary/aromatic N) is 2. The predicted molar refractivity (Wildman–Crippen MR) is 123 cm³/mol. The van der Waals surface area contributed by atoms with Crippen LogP contribution in [0.3, 0.4) is 0 Å². The number of halogens is 2. The normalized spacial score (nSPS) is 19.4. The maximum Gasteiger partial charge on any atom is 0.414 e. The van der Waals surface area contributed by atoms with Crippen LogP contribution in [0.2, 0.25) is 0 Å². The summed E-state index contributed by atoms with van der Waals surface area (Å²) in [6.45, 7) is 4.63. The highest BCUT2D eigenvalue weighted by molar-refractivity contribution is 9.10. The number of hydrogen-bond donors (Lipinski definition) is 0. The Morgan fingerprint density at radius 1 is 1.33 bits per heavy atom. The van der Waals surface area contributed by atoms with Crippen LogP contribution in [0.4, 0.5) is 14.9 Å². The fraction of sp³-hybridized carbons (Fsp3) is 0.409. The second-order valence-corrected chi connectivity index (χ2v) is 9.45. The van der Waals surface area contributed by atoms with Gasteiger partial charge in [0.1, 0.15) is 24.3 Å². The van der Waals surface area contributed by atoms with E-state index in [1.807, 2.05) is 36.4 Å². The highest BCUT2D eigenvalue weighted by Gasteiger charge is 2.35.